The SMILES string of the molecule is COC(=O)c1nc(C=O)ncc1C. The van der Waals surface area contributed by atoms with Gasteiger partial charge in [-0.15, -0.1) is 0 Å². The van der Waals surface area contributed by atoms with Crippen molar-refractivity contribution in [3.63, 3.8) is 0 Å². The van der Waals surface area contributed by atoms with Crippen LogP contribution in [-0.4, -0.2) is 29.3 Å². The third kappa shape index (κ3) is 1.87. The Labute approximate surface area is 74.8 Å². The second-order valence-electron chi connectivity index (χ2n) is 2.37. The third-order valence-electron chi connectivity index (χ3n) is 1.47. The van der Waals surface area contributed by atoms with Gasteiger partial charge in [0.2, 0.25) is 0 Å². The van der Waals surface area contributed by atoms with E-state index in [1.807, 2.05) is 0 Å². The molecule has 0 amide bonds. The zero-order chi connectivity index (χ0) is 9.84. The van der Waals surface area contributed by atoms with Crippen molar-refractivity contribution in [2.75, 3.05) is 7.11 Å². The van der Waals surface area contributed by atoms with Crippen molar-refractivity contribution >= 4 is 12.3 Å². The first-order valence-corrected chi connectivity index (χ1v) is 3.56. The number of hydrogen-bond acceptors (Lipinski definition) is 5. The average Bonchev–Trinajstić information content (AvgIpc) is 2.17. The summed E-state index contributed by atoms with van der Waals surface area (Å²) in [6, 6.07) is 0. The smallest absolute Gasteiger partial charge is 0.357 e. The molecule has 68 valence electrons. The van der Waals surface area contributed by atoms with E-state index in [1.54, 1.807) is 6.92 Å². The molecule has 0 atom stereocenters. The molecule has 13 heavy (non-hydrogen) atoms. The molecule has 0 N–H and O–H groups in total. The molecule has 0 spiro atoms. The van der Waals surface area contributed by atoms with Crippen LogP contribution in [0.1, 0.15) is 26.7 Å². The van der Waals surface area contributed by atoms with Crippen LogP contribution in [0.15, 0.2) is 6.20 Å². The summed E-state index contributed by atoms with van der Waals surface area (Å²) in [7, 11) is 1.25. The van der Waals surface area contributed by atoms with Gasteiger partial charge in [-0.05, 0) is 6.92 Å². The summed E-state index contributed by atoms with van der Waals surface area (Å²) in [6.45, 7) is 1.67. The Morgan fingerprint density at radius 3 is 2.85 bits per heavy atom. The van der Waals surface area contributed by atoms with Gasteiger partial charge in [0.25, 0.3) is 0 Å². The van der Waals surface area contributed by atoms with E-state index in [2.05, 4.69) is 14.7 Å². The minimum absolute atomic E-state index is 0.0222. The van der Waals surface area contributed by atoms with Gasteiger partial charge in [-0.3, -0.25) is 4.79 Å². The van der Waals surface area contributed by atoms with Crippen molar-refractivity contribution < 1.29 is 14.3 Å². The highest BCUT2D eigenvalue weighted by Crippen LogP contribution is 2.04. The van der Waals surface area contributed by atoms with Crippen molar-refractivity contribution in [2.45, 2.75) is 6.92 Å². The fraction of sp³-hybridized carbons (Fsp3) is 0.250. The van der Waals surface area contributed by atoms with Crippen LogP contribution in [0.5, 0.6) is 0 Å². The standard InChI is InChI=1S/C8H8N2O3/c1-5-3-9-6(4-11)10-7(5)8(12)13-2/h3-4H,1-2H3. The first kappa shape index (κ1) is 9.31. The maximum Gasteiger partial charge on any atom is 0.357 e. The lowest BCUT2D eigenvalue weighted by molar-refractivity contribution is 0.0592. The Morgan fingerprint density at radius 2 is 2.31 bits per heavy atom. The molecule has 5 nitrogen and oxygen atoms in total. The lowest BCUT2D eigenvalue weighted by Gasteiger charge is -2.01. The van der Waals surface area contributed by atoms with Crippen LogP contribution in [0.4, 0.5) is 0 Å². The van der Waals surface area contributed by atoms with Gasteiger partial charge in [0, 0.05) is 11.8 Å². The van der Waals surface area contributed by atoms with Gasteiger partial charge < -0.3 is 4.74 Å². The molecule has 5 heteroatoms. The minimum Gasteiger partial charge on any atom is -0.464 e. The third-order valence-corrected chi connectivity index (χ3v) is 1.47. The second-order valence-corrected chi connectivity index (χ2v) is 2.37. The molecule has 0 saturated heterocycles. The van der Waals surface area contributed by atoms with Crippen molar-refractivity contribution in [1.82, 2.24) is 9.97 Å². The molecule has 1 aromatic rings. The molecule has 0 aliphatic heterocycles. The van der Waals surface area contributed by atoms with Gasteiger partial charge in [0.05, 0.1) is 7.11 Å². The van der Waals surface area contributed by atoms with Crippen molar-refractivity contribution in [3.8, 4) is 0 Å². The van der Waals surface area contributed by atoms with Gasteiger partial charge in [-0.1, -0.05) is 0 Å². The number of methoxy groups -OCH3 is 1. The summed E-state index contributed by atoms with van der Waals surface area (Å²) in [5.74, 6) is -0.589. The largest absolute Gasteiger partial charge is 0.464 e. The topological polar surface area (TPSA) is 69.2 Å². The van der Waals surface area contributed by atoms with E-state index < -0.39 is 5.97 Å². The fourth-order valence-corrected chi connectivity index (χ4v) is 0.816. The van der Waals surface area contributed by atoms with Gasteiger partial charge in [-0.2, -0.15) is 0 Å². The molecular formula is C8H8N2O3. The van der Waals surface area contributed by atoms with Crippen LogP contribution >= 0.6 is 0 Å². The summed E-state index contributed by atoms with van der Waals surface area (Å²) in [5, 5.41) is 0. The van der Waals surface area contributed by atoms with Crippen molar-refractivity contribution in [3.05, 3.63) is 23.3 Å². The molecule has 1 heterocycles. The first-order chi connectivity index (χ1) is 6.19. The quantitative estimate of drug-likeness (QED) is 0.486. The van der Waals surface area contributed by atoms with E-state index in [9.17, 15) is 9.59 Å². The summed E-state index contributed by atoms with van der Waals surface area (Å²) in [6.07, 6.45) is 1.88. The lowest BCUT2D eigenvalue weighted by Crippen LogP contribution is -2.09. The number of esters is 1. The summed E-state index contributed by atoms with van der Waals surface area (Å²) >= 11 is 0. The fourth-order valence-electron chi connectivity index (χ4n) is 0.816. The van der Waals surface area contributed by atoms with E-state index in [0.29, 0.717) is 11.8 Å². The van der Waals surface area contributed by atoms with Gasteiger partial charge in [0.1, 0.15) is 0 Å². The minimum atomic E-state index is -0.567. The summed E-state index contributed by atoms with van der Waals surface area (Å²) in [4.78, 5) is 28.8. The van der Waals surface area contributed by atoms with Crippen LogP contribution in [0.3, 0.4) is 0 Å². The van der Waals surface area contributed by atoms with E-state index >= 15 is 0 Å². The molecule has 0 saturated carbocycles. The van der Waals surface area contributed by atoms with E-state index in [1.165, 1.54) is 13.3 Å². The molecule has 0 fully saturated rings. The monoisotopic (exact) mass is 180 g/mol. The predicted molar refractivity (Wildman–Crippen MR) is 43.5 cm³/mol. The van der Waals surface area contributed by atoms with Crippen molar-refractivity contribution in [2.24, 2.45) is 0 Å². The molecule has 0 aliphatic carbocycles. The Bertz CT molecular complexity index is 349. The van der Waals surface area contributed by atoms with Crippen LogP contribution in [-0.2, 0) is 4.74 Å². The van der Waals surface area contributed by atoms with Crippen LogP contribution < -0.4 is 0 Å². The highest BCUT2D eigenvalue weighted by Gasteiger charge is 2.11. The predicted octanol–water partition coefficient (Wildman–Crippen LogP) is 0.384. The maximum atomic E-state index is 11.1. The van der Waals surface area contributed by atoms with E-state index in [0.717, 1.165) is 0 Å². The number of aryl methyl sites for hydroxylation is 1. The Balaban J connectivity index is 3.18. The number of aromatic nitrogens is 2. The zero-order valence-electron chi connectivity index (χ0n) is 7.27. The number of ether oxygens (including phenoxy) is 1. The van der Waals surface area contributed by atoms with Gasteiger partial charge >= 0.3 is 5.97 Å². The van der Waals surface area contributed by atoms with E-state index in [-0.39, 0.29) is 11.5 Å². The number of rotatable bonds is 2. The Kier molecular flexibility index (Phi) is 2.69. The number of carbonyl (C=O) groups excluding carboxylic acids is 2. The first-order valence-electron chi connectivity index (χ1n) is 3.56. The molecule has 1 rings (SSSR count). The molecular weight excluding hydrogens is 172 g/mol. The molecule has 0 radical (unpaired) electrons. The number of nitrogens with zero attached hydrogens (tertiary/aromatic N) is 2. The van der Waals surface area contributed by atoms with Crippen LogP contribution in [0.2, 0.25) is 0 Å². The molecule has 0 bridgehead atoms. The molecule has 1 aromatic heterocycles. The Morgan fingerprint density at radius 1 is 1.62 bits per heavy atom. The molecule has 0 unspecified atom stereocenters. The molecule has 0 aromatic carbocycles. The Hall–Kier alpha value is -1.78. The highest BCUT2D eigenvalue weighted by molar-refractivity contribution is 5.89. The maximum absolute atomic E-state index is 11.1. The average molecular weight is 180 g/mol. The lowest BCUT2D eigenvalue weighted by atomic mass is 10.2. The number of aldehydes is 1. The summed E-state index contributed by atoms with van der Waals surface area (Å²) in [5.41, 5.74) is 0.706. The van der Waals surface area contributed by atoms with Crippen LogP contribution in [0.25, 0.3) is 0 Å². The highest BCUT2D eigenvalue weighted by atomic mass is 16.5. The van der Waals surface area contributed by atoms with Crippen LogP contribution in [0, 0.1) is 6.92 Å². The van der Waals surface area contributed by atoms with Gasteiger partial charge in [-0.25, -0.2) is 14.8 Å². The zero-order valence-corrected chi connectivity index (χ0v) is 7.27. The normalized spacial score (nSPS) is 9.38. The number of hydrogen-bond donors (Lipinski definition) is 0. The van der Waals surface area contributed by atoms with Crippen molar-refractivity contribution in [1.29, 1.82) is 0 Å². The number of carbonyl (C=O) groups is 2. The second kappa shape index (κ2) is 3.75. The summed E-state index contributed by atoms with van der Waals surface area (Å²) < 4.78 is 4.47. The molecule has 0 aliphatic rings. The van der Waals surface area contributed by atoms with Gasteiger partial charge in [0.15, 0.2) is 17.8 Å². The van der Waals surface area contributed by atoms with E-state index in [4.69, 9.17) is 0 Å².